The Morgan fingerprint density at radius 1 is 0.237 bits per heavy atom. The fourth-order valence-corrected chi connectivity index (χ4v) is 11.5. The molecule has 0 heterocycles. The van der Waals surface area contributed by atoms with Gasteiger partial charge >= 0.3 is 17.9 Å². The molecule has 0 aromatic heterocycles. The molecule has 0 aromatic rings. The Labute approximate surface area is 501 Å². The first-order valence-electron chi connectivity index (χ1n) is 36.7. The molecule has 6 heteroatoms. The van der Waals surface area contributed by atoms with Crippen LogP contribution in [0.5, 0.6) is 0 Å². The molecule has 0 saturated heterocycles. The fourth-order valence-electron chi connectivity index (χ4n) is 11.5. The molecular weight excluding hydrogens is 985 g/mol. The van der Waals surface area contributed by atoms with Crippen molar-refractivity contribution < 1.29 is 28.6 Å². The number of esters is 3. The first-order valence-corrected chi connectivity index (χ1v) is 36.7. The van der Waals surface area contributed by atoms with E-state index in [1.807, 2.05) is 0 Å². The van der Waals surface area contributed by atoms with Gasteiger partial charge in [0.1, 0.15) is 13.2 Å². The number of hydrogen-bond donors (Lipinski definition) is 0. The third-order valence-electron chi connectivity index (χ3n) is 17.0. The lowest BCUT2D eigenvalue weighted by molar-refractivity contribution is -0.167. The van der Waals surface area contributed by atoms with Crippen LogP contribution in [0.25, 0.3) is 0 Å². The van der Waals surface area contributed by atoms with E-state index in [1.54, 1.807) is 0 Å². The number of carbonyl (C=O) groups excluding carboxylic acids is 3. The average molecular weight is 1130 g/mol. The van der Waals surface area contributed by atoms with Gasteiger partial charge in [-0.2, -0.15) is 0 Å². The Morgan fingerprint density at radius 3 is 0.625 bits per heavy atom. The highest BCUT2D eigenvalue weighted by atomic mass is 16.6. The van der Waals surface area contributed by atoms with Gasteiger partial charge in [0.05, 0.1) is 0 Å². The number of allylic oxidation sites excluding steroid dienone is 2. The van der Waals surface area contributed by atoms with Gasteiger partial charge in [0.25, 0.3) is 0 Å². The van der Waals surface area contributed by atoms with E-state index in [-0.39, 0.29) is 31.1 Å². The summed E-state index contributed by atoms with van der Waals surface area (Å²) in [5.74, 6) is -0.843. The predicted molar refractivity (Wildman–Crippen MR) is 349 cm³/mol. The van der Waals surface area contributed by atoms with Gasteiger partial charge < -0.3 is 14.2 Å². The standard InChI is InChI=1S/C74H142O6/c1-4-7-10-13-16-19-22-25-27-29-30-31-32-33-34-35-36-37-38-39-40-41-42-43-44-45-46-48-49-52-55-58-61-64-67-73(76)79-70-71(69-78-72(75)66-63-60-57-54-51-24-21-18-15-12-9-6-3)80-74(77)68-65-62-59-56-53-50-47-28-26-23-20-17-14-11-8-5-2/h28,47,71H,4-27,29-46,48-70H2,1-3H3/b47-28-. The summed E-state index contributed by atoms with van der Waals surface area (Å²) in [4.78, 5) is 38.3. The number of unbranched alkanes of at least 4 members (excludes halogenated alkanes) is 56. The molecule has 0 saturated carbocycles. The molecule has 0 rings (SSSR count). The van der Waals surface area contributed by atoms with E-state index in [9.17, 15) is 14.4 Å². The summed E-state index contributed by atoms with van der Waals surface area (Å²) in [5.41, 5.74) is 0. The van der Waals surface area contributed by atoms with Crippen molar-refractivity contribution in [3.05, 3.63) is 12.2 Å². The van der Waals surface area contributed by atoms with Crippen LogP contribution in [0.1, 0.15) is 425 Å². The largest absolute Gasteiger partial charge is 0.462 e. The lowest BCUT2D eigenvalue weighted by Gasteiger charge is -2.18. The summed E-state index contributed by atoms with van der Waals surface area (Å²) in [6.07, 6.45) is 84.2. The van der Waals surface area contributed by atoms with Crippen LogP contribution in [0.4, 0.5) is 0 Å². The Hall–Kier alpha value is -1.85. The number of carbonyl (C=O) groups is 3. The molecule has 1 unspecified atom stereocenters. The van der Waals surface area contributed by atoms with E-state index in [1.165, 1.54) is 321 Å². The molecule has 0 aliphatic heterocycles. The summed E-state index contributed by atoms with van der Waals surface area (Å²) in [6.45, 7) is 6.71. The molecule has 6 nitrogen and oxygen atoms in total. The maximum atomic E-state index is 12.9. The zero-order valence-corrected chi connectivity index (χ0v) is 54.6. The van der Waals surface area contributed by atoms with Crippen molar-refractivity contribution in [3.8, 4) is 0 Å². The number of hydrogen-bond acceptors (Lipinski definition) is 6. The highest BCUT2D eigenvalue weighted by Gasteiger charge is 2.20. The van der Waals surface area contributed by atoms with Gasteiger partial charge in [0, 0.05) is 19.3 Å². The van der Waals surface area contributed by atoms with Crippen molar-refractivity contribution in [1.82, 2.24) is 0 Å². The highest BCUT2D eigenvalue weighted by Crippen LogP contribution is 2.19. The molecule has 0 fully saturated rings. The van der Waals surface area contributed by atoms with Crippen molar-refractivity contribution in [3.63, 3.8) is 0 Å². The van der Waals surface area contributed by atoms with Gasteiger partial charge in [0.2, 0.25) is 0 Å². The van der Waals surface area contributed by atoms with Crippen molar-refractivity contribution in [2.45, 2.75) is 431 Å². The van der Waals surface area contributed by atoms with Crippen molar-refractivity contribution in [1.29, 1.82) is 0 Å². The summed E-state index contributed by atoms with van der Waals surface area (Å²) >= 11 is 0. The number of rotatable bonds is 69. The van der Waals surface area contributed by atoms with Gasteiger partial charge in [-0.3, -0.25) is 14.4 Å². The summed E-state index contributed by atoms with van der Waals surface area (Å²) in [7, 11) is 0. The zero-order valence-electron chi connectivity index (χ0n) is 54.6. The van der Waals surface area contributed by atoms with E-state index in [0.29, 0.717) is 19.3 Å². The van der Waals surface area contributed by atoms with Crippen LogP contribution in [0.2, 0.25) is 0 Å². The topological polar surface area (TPSA) is 78.9 Å². The normalized spacial score (nSPS) is 12.0. The molecular formula is C74H142O6. The maximum absolute atomic E-state index is 12.9. The SMILES string of the molecule is CCCCCCCCC/C=C\CCCCCCCC(=O)OC(COC(=O)CCCCCCCCCCCCCC)COC(=O)CCCCCCCCCCCCCCCCCCCCCCCCCCCCCCCCCCCC. The quantitative estimate of drug-likeness (QED) is 0.0261. The van der Waals surface area contributed by atoms with Crippen LogP contribution in [0, 0.1) is 0 Å². The van der Waals surface area contributed by atoms with Gasteiger partial charge in [-0.05, 0) is 44.9 Å². The van der Waals surface area contributed by atoms with E-state index in [2.05, 4.69) is 32.9 Å². The second kappa shape index (κ2) is 69.6. The van der Waals surface area contributed by atoms with Crippen molar-refractivity contribution in [2.24, 2.45) is 0 Å². The summed E-state index contributed by atoms with van der Waals surface area (Å²) in [6, 6.07) is 0. The average Bonchev–Trinajstić information content (AvgIpc) is 3.46. The molecule has 0 amide bonds. The summed E-state index contributed by atoms with van der Waals surface area (Å²) < 4.78 is 17.0. The Kier molecular flexibility index (Phi) is 68.0. The third kappa shape index (κ3) is 66.9. The zero-order chi connectivity index (χ0) is 57.8. The molecule has 1 atom stereocenters. The Bertz CT molecular complexity index is 1250. The number of ether oxygens (including phenoxy) is 3. The van der Waals surface area contributed by atoms with E-state index < -0.39 is 6.10 Å². The van der Waals surface area contributed by atoms with Crippen molar-refractivity contribution in [2.75, 3.05) is 13.2 Å². The second-order valence-corrected chi connectivity index (χ2v) is 25.2. The van der Waals surface area contributed by atoms with E-state index >= 15 is 0 Å². The first kappa shape index (κ1) is 78.1. The lowest BCUT2D eigenvalue weighted by Crippen LogP contribution is -2.30. The smallest absolute Gasteiger partial charge is 0.306 e. The molecule has 0 aliphatic rings. The minimum absolute atomic E-state index is 0.0669. The minimum Gasteiger partial charge on any atom is -0.462 e. The molecule has 0 spiro atoms. The highest BCUT2D eigenvalue weighted by molar-refractivity contribution is 5.71. The second-order valence-electron chi connectivity index (χ2n) is 25.2. The van der Waals surface area contributed by atoms with E-state index in [4.69, 9.17) is 14.2 Å². The fraction of sp³-hybridized carbons (Fsp3) is 0.932. The van der Waals surface area contributed by atoms with Gasteiger partial charge in [-0.25, -0.2) is 0 Å². The van der Waals surface area contributed by atoms with Crippen LogP contribution in [0.15, 0.2) is 12.2 Å². The summed E-state index contributed by atoms with van der Waals surface area (Å²) in [5, 5.41) is 0. The molecule has 0 radical (unpaired) electrons. The van der Waals surface area contributed by atoms with Gasteiger partial charge in [-0.1, -0.05) is 373 Å². The Balaban J connectivity index is 4.03. The van der Waals surface area contributed by atoms with Crippen LogP contribution in [0.3, 0.4) is 0 Å². The molecule has 0 aliphatic carbocycles. The molecule has 474 valence electrons. The molecule has 80 heavy (non-hydrogen) atoms. The predicted octanol–water partition coefficient (Wildman–Crippen LogP) is 25.2. The minimum atomic E-state index is -0.770. The monoisotopic (exact) mass is 1130 g/mol. The van der Waals surface area contributed by atoms with Gasteiger partial charge in [0.15, 0.2) is 6.10 Å². The first-order chi connectivity index (χ1) is 39.5. The molecule has 0 N–H and O–H groups in total. The molecule has 0 aromatic carbocycles. The van der Waals surface area contributed by atoms with Crippen LogP contribution >= 0.6 is 0 Å². The van der Waals surface area contributed by atoms with E-state index in [0.717, 1.165) is 64.2 Å². The van der Waals surface area contributed by atoms with Crippen LogP contribution < -0.4 is 0 Å². The van der Waals surface area contributed by atoms with Gasteiger partial charge in [-0.15, -0.1) is 0 Å². The molecule has 0 bridgehead atoms. The van der Waals surface area contributed by atoms with Crippen LogP contribution in [-0.4, -0.2) is 37.2 Å². The maximum Gasteiger partial charge on any atom is 0.306 e. The van der Waals surface area contributed by atoms with Crippen LogP contribution in [-0.2, 0) is 28.6 Å². The lowest BCUT2D eigenvalue weighted by atomic mass is 10.0. The Morgan fingerprint density at radius 2 is 0.412 bits per heavy atom. The van der Waals surface area contributed by atoms with Crippen molar-refractivity contribution >= 4 is 17.9 Å². The third-order valence-corrected chi connectivity index (χ3v) is 17.0.